The van der Waals surface area contributed by atoms with E-state index >= 15 is 0 Å². The molecule has 5 aliphatic heterocycles. The molecule has 0 radical (unpaired) electrons. The molecule has 1 spiro atoms. The Labute approximate surface area is 463 Å². The number of carbonyl (C=O) groups excluding carboxylic acids is 5. The second kappa shape index (κ2) is 27.8. The fourth-order valence-corrected chi connectivity index (χ4v) is 11.6. The predicted molar refractivity (Wildman–Crippen MR) is 297 cm³/mol. The molecule has 432 valence electrons. The lowest BCUT2D eigenvalue weighted by Gasteiger charge is -2.51. The highest BCUT2D eigenvalue weighted by molar-refractivity contribution is 5.93. The van der Waals surface area contributed by atoms with Gasteiger partial charge in [0.25, 0.3) is 5.91 Å². The summed E-state index contributed by atoms with van der Waals surface area (Å²) in [6.45, 7) is 19.6. The summed E-state index contributed by atoms with van der Waals surface area (Å²) >= 11 is 0. The van der Waals surface area contributed by atoms with Gasteiger partial charge < -0.3 is 50.2 Å². The summed E-state index contributed by atoms with van der Waals surface area (Å²) in [6, 6.07) is 3.30. The number of phenols is 1. The van der Waals surface area contributed by atoms with Crippen LogP contribution in [-0.2, 0) is 49.3 Å². The molecule has 4 amide bonds. The van der Waals surface area contributed by atoms with E-state index in [0.717, 1.165) is 24.0 Å². The fraction of sp³-hybridized carbons (Fsp3) is 0.656. The van der Waals surface area contributed by atoms with Crippen LogP contribution in [0.15, 0.2) is 84.0 Å². The number of rotatable bonds is 13. The van der Waals surface area contributed by atoms with Gasteiger partial charge in [0.1, 0.15) is 30.0 Å². The smallest absolute Gasteiger partial charge is 0.325 e. The van der Waals surface area contributed by atoms with Crippen LogP contribution in [0, 0.1) is 41.4 Å². The van der Waals surface area contributed by atoms with Gasteiger partial charge in [0.05, 0.1) is 30.3 Å². The van der Waals surface area contributed by atoms with Crippen molar-refractivity contribution >= 4 is 29.6 Å². The van der Waals surface area contributed by atoms with Crippen molar-refractivity contribution in [1.29, 1.82) is 0 Å². The van der Waals surface area contributed by atoms with Gasteiger partial charge in [-0.1, -0.05) is 109 Å². The molecule has 2 bridgehead atoms. The van der Waals surface area contributed by atoms with Crippen LogP contribution in [0.25, 0.3) is 0 Å². The second-order valence-electron chi connectivity index (χ2n) is 23.4. The number of methoxy groups -OCH3 is 1. The number of nitrogens with one attached hydrogen (secondary N) is 4. The maximum atomic E-state index is 14.6. The highest BCUT2D eigenvalue weighted by Crippen LogP contribution is 2.43. The number of benzene rings is 1. The monoisotopic (exact) mass is 1090 g/mol. The van der Waals surface area contributed by atoms with Crippen LogP contribution >= 0.6 is 0 Å². The molecule has 5 heterocycles. The number of esters is 1. The van der Waals surface area contributed by atoms with Crippen molar-refractivity contribution < 1.29 is 58.2 Å². The molecule has 1 aromatic rings. The topological polar surface area (TPSA) is 234 Å². The highest BCUT2D eigenvalue weighted by atomic mass is 16.7. The van der Waals surface area contributed by atoms with Crippen LogP contribution in [0.4, 0.5) is 0 Å². The minimum absolute atomic E-state index is 0.00123. The Balaban J connectivity index is 1.20. The van der Waals surface area contributed by atoms with E-state index in [1.165, 1.54) is 24.3 Å². The SMILES string of the molecule is CC[C@H]1C[C@H](C)[C@@]2(NC1=O)O[C@@H](C[C@H](O)[C@@H](C)CC/C=C/C=C(\C)[C@@H]1CC=CC=C[C@H](O)[C@H](C)[C@H]3O[C@](C)(OC)CC[C@H]3C(=O)N[C@@H](C(C)C)C(=O)N[C@@H](Cc3cccc(O)c3)C(=O)N3CCC[C@H](N3)C(=O)O1)[C@H](C)C=C2C. The molecule has 17 nitrogen and oxygen atoms in total. The number of hydrogen-bond donors (Lipinski definition) is 7. The zero-order chi connectivity index (χ0) is 57.1. The Kier molecular flexibility index (Phi) is 22.1. The van der Waals surface area contributed by atoms with Crippen molar-refractivity contribution in [3.63, 3.8) is 0 Å². The molecule has 0 unspecified atom stereocenters. The minimum atomic E-state index is -1.16. The Morgan fingerprint density at radius 2 is 1.77 bits per heavy atom. The number of amides is 4. The zero-order valence-corrected chi connectivity index (χ0v) is 48.0. The van der Waals surface area contributed by atoms with E-state index in [0.29, 0.717) is 50.5 Å². The van der Waals surface area contributed by atoms with Crippen molar-refractivity contribution in [3.05, 3.63) is 89.6 Å². The third kappa shape index (κ3) is 15.6. The number of aromatic hydroxyl groups is 1. The molecule has 0 aromatic heterocycles. The standard InChI is InChI=1S/C61H91N5O12/c1-12-44-32-41(8)61(64-55(44)70)40(7)31-39(6)52(77-61)35-50(69)37(4)21-15-13-16-22-38(5)51-27-18-14-17-26-49(68)42(9)54-46(28-29-60(10,75-11)78-54)56(71)63-53(36(2)3)57(72)62-48(34-43-23-19-24-45(67)33-43)58(73)66-30-20-25-47(65-66)59(74)76-51/h13-14,16-19,22-24,26,31,33,36-37,39,41-42,44,46-54,65,67-69H,12,15,20-21,25,27-30,32,34-35H2,1-11H3,(H,62,72)(H,63,71)(H,64,70)/b16-13+,18-14?,26-17?,38-22+/t37-,39+,41-,42-,44-,46+,47-,48-,49-,50-,51-,52-,53-,54+,60-,61-/m0/s1. The van der Waals surface area contributed by atoms with Crippen molar-refractivity contribution in [3.8, 4) is 5.75 Å². The summed E-state index contributed by atoms with van der Waals surface area (Å²) < 4.78 is 25.2. The quantitative estimate of drug-likeness (QED) is 0.0591. The van der Waals surface area contributed by atoms with Gasteiger partial charge >= 0.3 is 5.97 Å². The number of carbonyl (C=O) groups is 5. The molecule has 78 heavy (non-hydrogen) atoms. The number of aliphatic hydroxyl groups is 2. The summed E-state index contributed by atoms with van der Waals surface area (Å²) in [5.74, 6) is -4.79. The third-order valence-corrected chi connectivity index (χ3v) is 17.1. The maximum Gasteiger partial charge on any atom is 0.325 e. The first-order chi connectivity index (χ1) is 37.0. The van der Waals surface area contributed by atoms with Gasteiger partial charge in [-0.3, -0.25) is 29.0 Å². The molecule has 5 aliphatic rings. The van der Waals surface area contributed by atoms with E-state index in [4.69, 9.17) is 18.9 Å². The van der Waals surface area contributed by atoms with E-state index in [1.54, 1.807) is 58.1 Å². The minimum Gasteiger partial charge on any atom is -0.508 e. The summed E-state index contributed by atoms with van der Waals surface area (Å²) in [4.78, 5) is 70.5. The summed E-state index contributed by atoms with van der Waals surface area (Å²) in [5.41, 5.74) is 4.58. The van der Waals surface area contributed by atoms with Crippen LogP contribution in [0.2, 0.25) is 0 Å². The van der Waals surface area contributed by atoms with E-state index in [-0.39, 0.29) is 60.8 Å². The molecule has 1 aromatic carbocycles. The van der Waals surface area contributed by atoms with Crippen LogP contribution in [-0.4, -0.2) is 124 Å². The number of cyclic esters (lactones) is 1. The van der Waals surface area contributed by atoms with E-state index < -0.39 is 95.5 Å². The Morgan fingerprint density at radius 1 is 1.01 bits per heavy atom. The van der Waals surface area contributed by atoms with Gasteiger partial charge in [0, 0.05) is 63.0 Å². The Hall–Kier alpha value is -5.17. The summed E-state index contributed by atoms with van der Waals surface area (Å²) in [6.07, 6.45) is 16.7. The molecule has 0 saturated carbocycles. The molecule has 7 N–H and O–H groups in total. The molecule has 0 aliphatic carbocycles. The molecular weight excluding hydrogens is 995 g/mol. The highest BCUT2D eigenvalue weighted by Gasteiger charge is 2.51. The average molecular weight is 1090 g/mol. The van der Waals surface area contributed by atoms with Crippen molar-refractivity contribution in [2.24, 2.45) is 41.4 Å². The molecule has 3 saturated heterocycles. The van der Waals surface area contributed by atoms with Crippen LogP contribution in [0.3, 0.4) is 0 Å². The van der Waals surface area contributed by atoms with Crippen LogP contribution < -0.4 is 21.4 Å². The Morgan fingerprint density at radius 3 is 2.47 bits per heavy atom. The fourth-order valence-electron chi connectivity index (χ4n) is 11.6. The molecule has 17 heteroatoms. The van der Waals surface area contributed by atoms with Gasteiger partial charge in [-0.15, -0.1) is 0 Å². The van der Waals surface area contributed by atoms with Crippen LogP contribution in [0.5, 0.6) is 5.75 Å². The van der Waals surface area contributed by atoms with Crippen molar-refractivity contribution in [2.45, 2.75) is 200 Å². The number of allylic oxidation sites excluding steroid dienone is 5. The molecular formula is C61H91N5O12. The second-order valence-corrected chi connectivity index (χ2v) is 23.4. The van der Waals surface area contributed by atoms with Crippen molar-refractivity contribution in [1.82, 2.24) is 26.4 Å². The van der Waals surface area contributed by atoms with Crippen LogP contribution in [0.1, 0.15) is 139 Å². The number of hydrogen-bond acceptors (Lipinski definition) is 13. The van der Waals surface area contributed by atoms with E-state index in [2.05, 4.69) is 41.3 Å². The van der Waals surface area contributed by atoms with Gasteiger partial charge in [-0.2, -0.15) is 0 Å². The number of hydrazine groups is 1. The first kappa shape index (κ1) is 62.0. The van der Waals surface area contributed by atoms with Crippen molar-refractivity contribution in [2.75, 3.05) is 13.7 Å². The largest absolute Gasteiger partial charge is 0.508 e. The van der Waals surface area contributed by atoms with Gasteiger partial charge in [0.2, 0.25) is 17.7 Å². The Bertz CT molecular complexity index is 2400. The average Bonchev–Trinajstić information content (AvgIpc) is 3.41. The number of piperidine rings is 1. The summed E-state index contributed by atoms with van der Waals surface area (Å²) in [7, 11) is 1.53. The predicted octanol–water partition coefficient (Wildman–Crippen LogP) is 7.17. The number of nitrogens with zero attached hydrogens (tertiary/aromatic N) is 1. The number of phenolic OH excluding ortho intramolecular Hbond substituents is 1. The lowest BCUT2D eigenvalue weighted by Crippen LogP contribution is -2.64. The maximum absolute atomic E-state index is 14.6. The zero-order valence-electron chi connectivity index (χ0n) is 48.0. The first-order valence-electron chi connectivity index (χ1n) is 28.6. The van der Waals surface area contributed by atoms with Gasteiger partial charge in [-0.25, -0.2) is 5.43 Å². The number of aliphatic hydroxyl groups excluding tert-OH is 2. The summed E-state index contributed by atoms with van der Waals surface area (Å²) in [5, 5.41) is 43.8. The van der Waals surface area contributed by atoms with E-state index in [9.17, 15) is 39.3 Å². The lowest BCUT2D eigenvalue weighted by atomic mass is 9.75. The number of ether oxygens (including phenoxy) is 4. The molecule has 16 atom stereocenters. The normalized spacial score (nSPS) is 34.9. The first-order valence-corrected chi connectivity index (χ1v) is 28.6. The van der Waals surface area contributed by atoms with Gasteiger partial charge in [-0.05, 0) is 106 Å². The third-order valence-electron chi connectivity index (χ3n) is 17.1. The van der Waals surface area contributed by atoms with E-state index in [1.807, 2.05) is 52.0 Å². The molecule has 6 rings (SSSR count). The number of fused-ring (bicyclic) bond motifs is 3. The molecule has 3 fully saturated rings. The lowest BCUT2D eigenvalue weighted by molar-refractivity contribution is -0.280. The van der Waals surface area contributed by atoms with Gasteiger partial charge in [0.15, 0.2) is 11.5 Å².